The van der Waals surface area contributed by atoms with Crippen LogP contribution in [-0.4, -0.2) is 0 Å². The summed E-state index contributed by atoms with van der Waals surface area (Å²) in [6.45, 7) is 14.9. The maximum Gasteiger partial charge on any atom is -0.0324 e. The molecule has 2 aliphatic carbocycles. The lowest BCUT2D eigenvalue weighted by molar-refractivity contribution is 0.150. The van der Waals surface area contributed by atoms with Crippen molar-refractivity contribution in [2.45, 2.75) is 60.8 Å². The van der Waals surface area contributed by atoms with Crippen LogP contribution in [0.5, 0.6) is 0 Å². The quantitative estimate of drug-likeness (QED) is 0.627. The highest BCUT2D eigenvalue weighted by molar-refractivity contribution is 5.01. The van der Waals surface area contributed by atoms with Gasteiger partial charge in [0.2, 0.25) is 0 Å². The third-order valence-electron chi connectivity index (χ3n) is 6.67. The monoisotopic (exact) mass is 236 g/mol. The minimum Gasteiger partial charge on any atom is -0.0651 e. The van der Waals surface area contributed by atoms with Crippen LogP contribution in [0.1, 0.15) is 60.8 Å². The van der Waals surface area contributed by atoms with Crippen molar-refractivity contribution in [3.63, 3.8) is 0 Å². The second-order valence-electron chi connectivity index (χ2n) is 7.34. The number of hydrogen-bond acceptors (Lipinski definition) is 0. The molecule has 2 rings (SSSR count). The summed E-state index contributed by atoms with van der Waals surface area (Å²) in [5, 5.41) is 0. The van der Waals surface area contributed by atoms with Crippen molar-refractivity contribution in [1.29, 1.82) is 0 Å². The van der Waals surface area contributed by atoms with Crippen LogP contribution < -0.4 is 0 Å². The van der Waals surface area contributed by atoms with E-state index in [0.29, 0.717) is 0 Å². The van der Waals surface area contributed by atoms with E-state index < -0.39 is 0 Å². The first-order valence-electron chi connectivity index (χ1n) is 7.99. The van der Waals surface area contributed by atoms with Gasteiger partial charge in [-0.15, -0.1) is 0 Å². The molecule has 2 fully saturated rings. The molecule has 7 unspecified atom stereocenters. The Labute approximate surface area is 109 Å². The Morgan fingerprint density at radius 2 is 1.53 bits per heavy atom. The molecule has 0 saturated heterocycles. The largest absolute Gasteiger partial charge is 0.0651 e. The van der Waals surface area contributed by atoms with Crippen LogP contribution in [0.2, 0.25) is 0 Å². The summed E-state index contributed by atoms with van der Waals surface area (Å²) < 4.78 is 0. The van der Waals surface area contributed by atoms with Gasteiger partial charge in [0, 0.05) is 0 Å². The van der Waals surface area contributed by atoms with E-state index in [1.807, 2.05) is 0 Å². The van der Waals surface area contributed by atoms with Crippen molar-refractivity contribution in [1.82, 2.24) is 0 Å². The number of rotatable bonds is 4. The smallest absolute Gasteiger partial charge is 0.0324 e. The fraction of sp³-hybridized carbons (Fsp3) is 1.00. The zero-order valence-corrected chi connectivity index (χ0v) is 12.7. The molecular formula is C17H32. The Hall–Kier alpha value is 0. The van der Waals surface area contributed by atoms with E-state index in [1.165, 1.54) is 19.3 Å². The maximum atomic E-state index is 2.52. The Balaban J connectivity index is 2.11. The zero-order chi connectivity index (χ0) is 12.7. The highest BCUT2D eigenvalue weighted by atomic mass is 14.6. The highest BCUT2D eigenvalue weighted by Gasteiger charge is 2.53. The molecule has 0 nitrogen and oxygen atoms in total. The van der Waals surface area contributed by atoms with Crippen LogP contribution in [0.3, 0.4) is 0 Å². The van der Waals surface area contributed by atoms with E-state index in [1.54, 1.807) is 0 Å². The van der Waals surface area contributed by atoms with E-state index in [4.69, 9.17) is 0 Å². The lowest BCUT2D eigenvalue weighted by Gasteiger charge is -2.33. The van der Waals surface area contributed by atoms with E-state index in [0.717, 1.165) is 47.3 Å². The van der Waals surface area contributed by atoms with E-state index in [2.05, 4.69) is 41.5 Å². The van der Waals surface area contributed by atoms with Crippen LogP contribution in [0.25, 0.3) is 0 Å². The van der Waals surface area contributed by atoms with E-state index in [9.17, 15) is 0 Å². The van der Waals surface area contributed by atoms with Gasteiger partial charge in [-0.1, -0.05) is 54.4 Å². The Kier molecular flexibility index (Phi) is 3.90. The Morgan fingerprint density at radius 3 is 1.88 bits per heavy atom. The molecule has 0 bridgehead atoms. The summed E-state index contributed by atoms with van der Waals surface area (Å²) in [6, 6.07) is 0. The minimum atomic E-state index is 0.935. The number of hydrogen-bond donors (Lipinski definition) is 0. The lowest BCUT2D eigenvalue weighted by atomic mass is 9.72. The topological polar surface area (TPSA) is 0 Å². The molecule has 0 aromatic rings. The van der Waals surface area contributed by atoms with Crippen molar-refractivity contribution < 1.29 is 0 Å². The summed E-state index contributed by atoms with van der Waals surface area (Å²) in [5.74, 6) is 7.95. The molecule has 17 heavy (non-hydrogen) atoms. The Morgan fingerprint density at radius 1 is 0.941 bits per heavy atom. The average Bonchev–Trinajstić information content (AvgIpc) is 2.74. The normalized spacial score (nSPS) is 49.1. The van der Waals surface area contributed by atoms with Crippen LogP contribution >= 0.6 is 0 Å². The molecule has 0 aromatic carbocycles. The van der Waals surface area contributed by atoms with Crippen molar-refractivity contribution in [2.24, 2.45) is 47.3 Å². The van der Waals surface area contributed by atoms with Gasteiger partial charge in [0.05, 0.1) is 0 Å². The van der Waals surface area contributed by atoms with Gasteiger partial charge in [0.1, 0.15) is 0 Å². The molecule has 2 aliphatic rings. The van der Waals surface area contributed by atoms with Gasteiger partial charge >= 0.3 is 0 Å². The van der Waals surface area contributed by atoms with Crippen LogP contribution in [-0.2, 0) is 0 Å². The minimum absolute atomic E-state index is 0.935. The zero-order valence-electron chi connectivity index (χ0n) is 12.7. The van der Waals surface area contributed by atoms with Gasteiger partial charge in [-0.25, -0.2) is 0 Å². The summed E-state index contributed by atoms with van der Waals surface area (Å²) in [4.78, 5) is 0. The highest BCUT2D eigenvalue weighted by Crippen LogP contribution is 2.58. The van der Waals surface area contributed by atoms with Gasteiger partial charge in [-0.2, -0.15) is 0 Å². The molecule has 0 radical (unpaired) electrons. The second kappa shape index (κ2) is 4.94. The summed E-state index contributed by atoms with van der Waals surface area (Å²) >= 11 is 0. The Bertz CT molecular complexity index is 249. The predicted octanol–water partition coefficient (Wildman–Crippen LogP) is 5.23. The maximum absolute atomic E-state index is 2.52. The molecule has 0 N–H and O–H groups in total. The molecule has 7 atom stereocenters. The third-order valence-corrected chi connectivity index (χ3v) is 6.67. The average molecular weight is 236 g/mol. The fourth-order valence-electron chi connectivity index (χ4n) is 4.71. The van der Waals surface area contributed by atoms with Gasteiger partial charge in [-0.3, -0.25) is 0 Å². The third kappa shape index (κ3) is 2.29. The molecule has 0 aromatic heterocycles. The van der Waals surface area contributed by atoms with Crippen LogP contribution in [0.15, 0.2) is 0 Å². The molecule has 0 heteroatoms. The van der Waals surface area contributed by atoms with Gasteiger partial charge in [-0.05, 0) is 53.8 Å². The van der Waals surface area contributed by atoms with Crippen LogP contribution in [0, 0.1) is 47.3 Å². The first-order chi connectivity index (χ1) is 7.99. The van der Waals surface area contributed by atoms with Crippen molar-refractivity contribution in [2.75, 3.05) is 0 Å². The van der Waals surface area contributed by atoms with Crippen molar-refractivity contribution >= 4 is 0 Å². The van der Waals surface area contributed by atoms with Crippen LogP contribution in [0.4, 0.5) is 0 Å². The van der Waals surface area contributed by atoms with Gasteiger partial charge in [0.25, 0.3) is 0 Å². The SMILES string of the molecule is CCC(C)C(C1CCC(C)C1C)C1C(C)C1C. The predicted molar refractivity (Wildman–Crippen MR) is 75.8 cm³/mol. The van der Waals surface area contributed by atoms with E-state index >= 15 is 0 Å². The fourth-order valence-corrected chi connectivity index (χ4v) is 4.71. The molecule has 0 spiro atoms. The molecule has 0 amide bonds. The van der Waals surface area contributed by atoms with Gasteiger partial charge < -0.3 is 0 Å². The molecular weight excluding hydrogens is 204 g/mol. The molecule has 2 saturated carbocycles. The second-order valence-corrected chi connectivity index (χ2v) is 7.34. The first-order valence-corrected chi connectivity index (χ1v) is 7.99. The van der Waals surface area contributed by atoms with Gasteiger partial charge in [0.15, 0.2) is 0 Å². The van der Waals surface area contributed by atoms with Crippen molar-refractivity contribution in [3.05, 3.63) is 0 Å². The lowest BCUT2D eigenvalue weighted by Crippen LogP contribution is -2.27. The first kappa shape index (κ1) is 13.4. The van der Waals surface area contributed by atoms with E-state index in [-0.39, 0.29) is 0 Å². The summed E-state index contributed by atoms with van der Waals surface area (Å²) in [7, 11) is 0. The molecule has 0 heterocycles. The standard InChI is InChI=1S/C17H32/c1-7-10(2)16(17-13(5)14(17)6)15-9-8-11(3)12(15)4/h10-17H,7-9H2,1-6H3. The molecule has 0 aliphatic heterocycles. The molecule has 100 valence electrons. The summed E-state index contributed by atoms with van der Waals surface area (Å²) in [6.07, 6.45) is 4.36. The summed E-state index contributed by atoms with van der Waals surface area (Å²) in [5.41, 5.74) is 0. The van der Waals surface area contributed by atoms with Crippen molar-refractivity contribution in [3.8, 4) is 0 Å².